The standard InChI is InChI=1S/C12H15NO3/c1-10-3-2-4-11(9-10)16-8-7-13-6-5-12(14)15/h2-6,9,13H,7-8H2,1H3,(H,14,15)/b6-5+. The van der Waals surface area contributed by atoms with E-state index in [4.69, 9.17) is 9.84 Å². The van der Waals surface area contributed by atoms with Gasteiger partial charge in [-0.25, -0.2) is 4.79 Å². The average molecular weight is 221 g/mol. The lowest BCUT2D eigenvalue weighted by Crippen LogP contribution is -2.15. The van der Waals surface area contributed by atoms with E-state index >= 15 is 0 Å². The summed E-state index contributed by atoms with van der Waals surface area (Å²) in [5.74, 6) is -0.142. The van der Waals surface area contributed by atoms with Crippen molar-refractivity contribution in [2.75, 3.05) is 13.2 Å². The third-order valence-corrected chi connectivity index (χ3v) is 1.85. The van der Waals surface area contributed by atoms with Crippen LogP contribution in [0.25, 0.3) is 0 Å². The lowest BCUT2D eigenvalue weighted by molar-refractivity contribution is -0.131. The van der Waals surface area contributed by atoms with Gasteiger partial charge in [0, 0.05) is 18.8 Å². The van der Waals surface area contributed by atoms with Crippen LogP contribution in [-0.4, -0.2) is 24.2 Å². The number of carbonyl (C=O) groups is 1. The molecule has 0 unspecified atom stereocenters. The van der Waals surface area contributed by atoms with Crippen molar-refractivity contribution in [3.05, 3.63) is 42.1 Å². The zero-order chi connectivity index (χ0) is 11.8. The fraction of sp³-hybridized carbons (Fsp3) is 0.250. The fourth-order valence-electron chi connectivity index (χ4n) is 1.15. The largest absolute Gasteiger partial charge is 0.492 e. The molecule has 0 saturated heterocycles. The van der Waals surface area contributed by atoms with Gasteiger partial charge in [-0.05, 0) is 24.6 Å². The molecule has 0 amide bonds. The summed E-state index contributed by atoms with van der Waals surface area (Å²) in [6.45, 7) is 3.06. The summed E-state index contributed by atoms with van der Waals surface area (Å²) in [5.41, 5.74) is 1.15. The Morgan fingerprint density at radius 1 is 1.56 bits per heavy atom. The molecule has 16 heavy (non-hydrogen) atoms. The van der Waals surface area contributed by atoms with Crippen molar-refractivity contribution < 1.29 is 14.6 Å². The number of aliphatic carboxylic acids is 1. The summed E-state index contributed by atoms with van der Waals surface area (Å²) in [6.07, 6.45) is 2.44. The Labute approximate surface area is 94.6 Å². The second-order valence-electron chi connectivity index (χ2n) is 3.29. The van der Waals surface area contributed by atoms with Crippen molar-refractivity contribution in [2.24, 2.45) is 0 Å². The van der Waals surface area contributed by atoms with E-state index in [9.17, 15) is 4.79 Å². The van der Waals surface area contributed by atoms with E-state index < -0.39 is 5.97 Å². The van der Waals surface area contributed by atoms with Crippen molar-refractivity contribution in [1.29, 1.82) is 0 Å². The SMILES string of the molecule is Cc1cccc(OCCN/C=C/C(=O)O)c1. The molecular weight excluding hydrogens is 206 g/mol. The summed E-state index contributed by atoms with van der Waals surface area (Å²) in [4.78, 5) is 10.1. The van der Waals surface area contributed by atoms with Crippen LogP contribution in [0, 0.1) is 6.92 Å². The molecule has 2 N–H and O–H groups in total. The van der Waals surface area contributed by atoms with E-state index in [-0.39, 0.29) is 0 Å². The second-order valence-corrected chi connectivity index (χ2v) is 3.29. The molecule has 0 spiro atoms. The number of ether oxygens (including phenoxy) is 1. The summed E-state index contributed by atoms with van der Waals surface area (Å²) in [6, 6.07) is 7.77. The first-order valence-corrected chi connectivity index (χ1v) is 5.01. The number of carboxylic acid groups (broad SMARTS) is 1. The van der Waals surface area contributed by atoms with Gasteiger partial charge in [0.15, 0.2) is 0 Å². The molecule has 0 aromatic heterocycles. The number of aryl methyl sites for hydroxylation is 1. The number of rotatable bonds is 6. The minimum Gasteiger partial charge on any atom is -0.492 e. The molecule has 0 bridgehead atoms. The predicted octanol–water partition coefficient (Wildman–Crippen LogP) is 1.56. The van der Waals surface area contributed by atoms with E-state index in [0.29, 0.717) is 13.2 Å². The molecule has 0 aliphatic heterocycles. The minimum absolute atomic E-state index is 0.493. The van der Waals surface area contributed by atoms with Crippen LogP contribution in [0.5, 0.6) is 5.75 Å². The third kappa shape index (κ3) is 5.05. The Morgan fingerprint density at radius 3 is 3.06 bits per heavy atom. The quantitative estimate of drug-likeness (QED) is 0.565. The molecule has 0 heterocycles. The maximum absolute atomic E-state index is 10.1. The van der Waals surface area contributed by atoms with Gasteiger partial charge in [0.2, 0.25) is 0 Å². The number of nitrogens with one attached hydrogen (secondary N) is 1. The van der Waals surface area contributed by atoms with Crippen molar-refractivity contribution in [2.45, 2.75) is 6.92 Å². The maximum Gasteiger partial charge on any atom is 0.329 e. The van der Waals surface area contributed by atoms with Crippen molar-refractivity contribution in [1.82, 2.24) is 5.32 Å². The lowest BCUT2D eigenvalue weighted by Gasteiger charge is -2.06. The van der Waals surface area contributed by atoms with Crippen LogP contribution in [0.1, 0.15) is 5.56 Å². The highest BCUT2D eigenvalue weighted by atomic mass is 16.5. The first kappa shape index (κ1) is 12.1. The van der Waals surface area contributed by atoms with Gasteiger partial charge in [-0.3, -0.25) is 0 Å². The molecule has 0 fully saturated rings. The van der Waals surface area contributed by atoms with Crippen LogP contribution in [0.2, 0.25) is 0 Å². The first-order valence-electron chi connectivity index (χ1n) is 5.01. The van der Waals surface area contributed by atoms with Gasteiger partial charge in [-0.2, -0.15) is 0 Å². The molecule has 86 valence electrons. The Morgan fingerprint density at radius 2 is 2.38 bits per heavy atom. The molecule has 4 nitrogen and oxygen atoms in total. The molecule has 0 radical (unpaired) electrons. The van der Waals surface area contributed by atoms with E-state index in [1.54, 1.807) is 0 Å². The average Bonchev–Trinajstić information content (AvgIpc) is 2.23. The van der Waals surface area contributed by atoms with Gasteiger partial charge >= 0.3 is 5.97 Å². The van der Waals surface area contributed by atoms with Gasteiger partial charge in [-0.1, -0.05) is 12.1 Å². The molecule has 0 aliphatic rings. The highest BCUT2D eigenvalue weighted by Crippen LogP contribution is 2.11. The van der Waals surface area contributed by atoms with E-state index in [2.05, 4.69) is 5.32 Å². The minimum atomic E-state index is -0.966. The monoisotopic (exact) mass is 221 g/mol. The van der Waals surface area contributed by atoms with Gasteiger partial charge in [0.05, 0.1) is 0 Å². The zero-order valence-corrected chi connectivity index (χ0v) is 9.14. The van der Waals surface area contributed by atoms with Crippen molar-refractivity contribution in [3.63, 3.8) is 0 Å². The zero-order valence-electron chi connectivity index (χ0n) is 9.14. The smallest absolute Gasteiger partial charge is 0.329 e. The topological polar surface area (TPSA) is 58.6 Å². The Bertz CT molecular complexity index is 374. The molecule has 4 heteroatoms. The molecule has 1 rings (SSSR count). The molecule has 0 atom stereocenters. The first-order chi connectivity index (χ1) is 7.68. The lowest BCUT2D eigenvalue weighted by atomic mass is 10.2. The number of hydrogen-bond donors (Lipinski definition) is 2. The van der Waals surface area contributed by atoms with Crippen LogP contribution >= 0.6 is 0 Å². The molecule has 1 aromatic carbocycles. The molecule has 0 saturated carbocycles. The number of benzene rings is 1. The molecular formula is C12H15NO3. The highest BCUT2D eigenvalue weighted by Gasteiger charge is 1.92. The summed E-state index contributed by atoms with van der Waals surface area (Å²) < 4.78 is 5.45. The number of carboxylic acids is 1. The van der Waals surface area contributed by atoms with Crippen LogP contribution in [-0.2, 0) is 4.79 Å². The second kappa shape index (κ2) is 6.50. The Hall–Kier alpha value is -1.97. The highest BCUT2D eigenvalue weighted by molar-refractivity contribution is 5.79. The van der Waals surface area contributed by atoms with Crippen molar-refractivity contribution in [3.8, 4) is 5.75 Å². The van der Waals surface area contributed by atoms with Gasteiger partial charge in [0.1, 0.15) is 12.4 Å². The fourth-order valence-corrected chi connectivity index (χ4v) is 1.15. The van der Waals surface area contributed by atoms with Crippen LogP contribution in [0.3, 0.4) is 0 Å². The van der Waals surface area contributed by atoms with Crippen LogP contribution in [0.15, 0.2) is 36.5 Å². The van der Waals surface area contributed by atoms with E-state index in [0.717, 1.165) is 17.4 Å². The van der Waals surface area contributed by atoms with Crippen LogP contribution < -0.4 is 10.1 Å². The molecule has 1 aromatic rings. The van der Waals surface area contributed by atoms with E-state index in [1.165, 1.54) is 6.20 Å². The van der Waals surface area contributed by atoms with E-state index in [1.807, 2.05) is 31.2 Å². The van der Waals surface area contributed by atoms with Gasteiger partial charge in [0.25, 0.3) is 0 Å². The summed E-state index contributed by atoms with van der Waals surface area (Å²) >= 11 is 0. The Kier molecular flexibility index (Phi) is 4.92. The summed E-state index contributed by atoms with van der Waals surface area (Å²) in [7, 11) is 0. The van der Waals surface area contributed by atoms with Gasteiger partial charge in [-0.15, -0.1) is 0 Å². The Balaban J connectivity index is 2.19. The van der Waals surface area contributed by atoms with Gasteiger partial charge < -0.3 is 15.2 Å². The molecule has 0 aliphatic carbocycles. The predicted molar refractivity (Wildman–Crippen MR) is 61.5 cm³/mol. The normalized spacial score (nSPS) is 10.3. The summed E-state index contributed by atoms with van der Waals surface area (Å²) in [5, 5.41) is 11.1. The third-order valence-electron chi connectivity index (χ3n) is 1.85. The van der Waals surface area contributed by atoms with Crippen molar-refractivity contribution >= 4 is 5.97 Å². The number of hydrogen-bond acceptors (Lipinski definition) is 3. The maximum atomic E-state index is 10.1. The van der Waals surface area contributed by atoms with Crippen LogP contribution in [0.4, 0.5) is 0 Å².